The number of carbonyl (C=O) groups excluding carboxylic acids is 1. The van der Waals surface area contributed by atoms with E-state index >= 15 is 0 Å². The van der Waals surface area contributed by atoms with E-state index in [1.54, 1.807) is 25.1 Å². The van der Waals surface area contributed by atoms with Gasteiger partial charge in [-0.3, -0.25) is 4.79 Å². The molecule has 0 aliphatic rings. The SMILES string of the molecule is Cc1ccnc(NS(=O)(=O)c2ccc(NC(=O)C[C@@H](C)c3ccccc3)cc2)n1. The summed E-state index contributed by atoms with van der Waals surface area (Å²) in [6.45, 7) is 3.74. The van der Waals surface area contributed by atoms with E-state index in [9.17, 15) is 13.2 Å². The number of aryl methyl sites for hydroxylation is 1. The Labute approximate surface area is 170 Å². The molecular formula is C21H22N4O3S. The number of nitrogens with one attached hydrogen (secondary N) is 2. The molecule has 1 aromatic heterocycles. The fourth-order valence-corrected chi connectivity index (χ4v) is 3.74. The molecule has 0 radical (unpaired) electrons. The van der Waals surface area contributed by atoms with E-state index in [0.29, 0.717) is 17.8 Å². The third-order valence-electron chi connectivity index (χ3n) is 4.33. The van der Waals surface area contributed by atoms with Crippen molar-refractivity contribution in [3.05, 3.63) is 78.1 Å². The highest BCUT2D eigenvalue weighted by atomic mass is 32.2. The van der Waals surface area contributed by atoms with Crippen molar-refractivity contribution < 1.29 is 13.2 Å². The predicted octanol–water partition coefficient (Wildman–Crippen LogP) is 3.72. The topological polar surface area (TPSA) is 101 Å². The minimum Gasteiger partial charge on any atom is -0.326 e. The van der Waals surface area contributed by atoms with Crippen molar-refractivity contribution in [2.75, 3.05) is 10.0 Å². The van der Waals surface area contributed by atoms with Crippen LogP contribution in [-0.4, -0.2) is 24.3 Å². The van der Waals surface area contributed by atoms with Crippen molar-refractivity contribution in [1.82, 2.24) is 9.97 Å². The second-order valence-corrected chi connectivity index (χ2v) is 8.40. The van der Waals surface area contributed by atoms with Crippen LogP contribution >= 0.6 is 0 Å². The molecule has 0 saturated carbocycles. The summed E-state index contributed by atoms with van der Waals surface area (Å²) in [4.78, 5) is 20.3. The molecule has 1 amide bonds. The van der Waals surface area contributed by atoms with Crippen LogP contribution in [0.4, 0.5) is 11.6 Å². The third kappa shape index (κ3) is 5.61. The van der Waals surface area contributed by atoms with Crippen LogP contribution in [0.1, 0.15) is 30.5 Å². The summed E-state index contributed by atoms with van der Waals surface area (Å²) in [6.07, 6.45) is 1.81. The first-order chi connectivity index (χ1) is 13.8. The summed E-state index contributed by atoms with van der Waals surface area (Å²) in [5.41, 5.74) is 2.27. The molecule has 7 nitrogen and oxygen atoms in total. The Hall–Kier alpha value is -3.26. The number of nitrogens with zero attached hydrogens (tertiary/aromatic N) is 2. The zero-order valence-corrected chi connectivity index (χ0v) is 17.0. The van der Waals surface area contributed by atoms with Crippen molar-refractivity contribution in [2.45, 2.75) is 31.1 Å². The van der Waals surface area contributed by atoms with Gasteiger partial charge in [0.25, 0.3) is 10.0 Å². The van der Waals surface area contributed by atoms with E-state index in [0.717, 1.165) is 5.56 Å². The summed E-state index contributed by atoms with van der Waals surface area (Å²) in [7, 11) is -3.82. The number of amides is 1. The molecule has 29 heavy (non-hydrogen) atoms. The van der Waals surface area contributed by atoms with Crippen LogP contribution in [0, 0.1) is 6.92 Å². The Morgan fingerprint density at radius 2 is 1.72 bits per heavy atom. The Morgan fingerprint density at radius 3 is 2.38 bits per heavy atom. The maximum atomic E-state index is 12.5. The Bertz CT molecular complexity index is 1080. The van der Waals surface area contributed by atoms with Crippen molar-refractivity contribution in [2.24, 2.45) is 0 Å². The molecule has 0 unspecified atom stereocenters. The fraction of sp³-hybridized carbons (Fsp3) is 0.190. The van der Waals surface area contributed by atoms with Gasteiger partial charge >= 0.3 is 0 Å². The first-order valence-corrected chi connectivity index (χ1v) is 10.6. The Kier molecular flexibility index (Phi) is 6.23. The molecule has 2 aromatic carbocycles. The molecule has 3 aromatic rings. The predicted molar refractivity (Wildman–Crippen MR) is 112 cm³/mol. The molecule has 0 saturated heterocycles. The van der Waals surface area contributed by atoms with Crippen molar-refractivity contribution in [3.8, 4) is 0 Å². The minimum absolute atomic E-state index is 0.0114. The van der Waals surface area contributed by atoms with Crippen LogP contribution in [0.5, 0.6) is 0 Å². The van der Waals surface area contributed by atoms with Gasteiger partial charge in [0.05, 0.1) is 4.90 Å². The molecule has 150 valence electrons. The molecule has 0 fully saturated rings. The van der Waals surface area contributed by atoms with Gasteiger partial charge in [-0.05, 0) is 48.7 Å². The normalized spacial score (nSPS) is 12.2. The highest BCUT2D eigenvalue weighted by Crippen LogP contribution is 2.20. The Morgan fingerprint density at radius 1 is 1.03 bits per heavy atom. The number of benzene rings is 2. The molecule has 1 heterocycles. The Balaban J connectivity index is 1.62. The summed E-state index contributed by atoms with van der Waals surface area (Å²) in [6, 6.07) is 17.4. The summed E-state index contributed by atoms with van der Waals surface area (Å²) >= 11 is 0. The van der Waals surface area contributed by atoms with E-state index < -0.39 is 10.0 Å². The van der Waals surface area contributed by atoms with Crippen LogP contribution in [0.3, 0.4) is 0 Å². The number of aromatic nitrogens is 2. The van der Waals surface area contributed by atoms with Crippen molar-refractivity contribution in [3.63, 3.8) is 0 Å². The molecule has 3 rings (SSSR count). The third-order valence-corrected chi connectivity index (χ3v) is 5.67. The van der Waals surface area contributed by atoms with Gasteiger partial charge < -0.3 is 5.32 Å². The highest BCUT2D eigenvalue weighted by molar-refractivity contribution is 7.92. The van der Waals surface area contributed by atoms with Gasteiger partial charge in [-0.2, -0.15) is 0 Å². The lowest BCUT2D eigenvalue weighted by atomic mass is 9.97. The number of hydrogen-bond acceptors (Lipinski definition) is 5. The number of anilines is 2. The van der Waals surface area contributed by atoms with Gasteiger partial charge in [-0.1, -0.05) is 37.3 Å². The van der Waals surface area contributed by atoms with E-state index in [1.807, 2.05) is 37.3 Å². The average Bonchev–Trinajstić information content (AvgIpc) is 2.68. The van der Waals surface area contributed by atoms with E-state index in [1.165, 1.54) is 18.3 Å². The van der Waals surface area contributed by atoms with Gasteiger partial charge in [0, 0.05) is 24.0 Å². The van der Waals surface area contributed by atoms with Gasteiger partial charge in [0.2, 0.25) is 11.9 Å². The van der Waals surface area contributed by atoms with Gasteiger partial charge in [-0.25, -0.2) is 23.1 Å². The second kappa shape index (κ2) is 8.83. The summed E-state index contributed by atoms with van der Waals surface area (Å²) in [5.74, 6) is -0.0464. The largest absolute Gasteiger partial charge is 0.326 e. The molecule has 0 aliphatic heterocycles. The van der Waals surface area contributed by atoms with Crippen LogP contribution in [0.2, 0.25) is 0 Å². The lowest BCUT2D eigenvalue weighted by molar-refractivity contribution is -0.116. The number of carbonyl (C=O) groups is 1. The lowest BCUT2D eigenvalue weighted by Crippen LogP contribution is -2.16. The molecular weight excluding hydrogens is 388 g/mol. The minimum atomic E-state index is -3.82. The summed E-state index contributed by atoms with van der Waals surface area (Å²) < 4.78 is 27.3. The number of hydrogen-bond donors (Lipinski definition) is 2. The number of sulfonamides is 1. The lowest BCUT2D eigenvalue weighted by Gasteiger charge is -2.12. The molecule has 2 N–H and O–H groups in total. The van der Waals surface area contributed by atoms with Crippen LogP contribution < -0.4 is 10.0 Å². The zero-order valence-electron chi connectivity index (χ0n) is 16.2. The van der Waals surface area contributed by atoms with E-state index in [4.69, 9.17) is 0 Å². The molecule has 8 heteroatoms. The number of rotatable bonds is 7. The maximum Gasteiger partial charge on any atom is 0.264 e. The molecule has 1 atom stereocenters. The molecule has 0 bridgehead atoms. The second-order valence-electron chi connectivity index (χ2n) is 6.72. The zero-order chi connectivity index (χ0) is 20.9. The van der Waals surface area contributed by atoms with E-state index in [-0.39, 0.29) is 22.7 Å². The first-order valence-electron chi connectivity index (χ1n) is 9.11. The van der Waals surface area contributed by atoms with Crippen molar-refractivity contribution in [1.29, 1.82) is 0 Å². The van der Waals surface area contributed by atoms with Gasteiger partial charge in [0.1, 0.15) is 0 Å². The first kappa shape index (κ1) is 20.5. The standard InChI is InChI=1S/C21H22N4O3S/c1-15(17-6-4-3-5-7-17)14-20(26)24-18-8-10-19(11-9-18)29(27,28)25-21-22-13-12-16(2)23-21/h3-13,15H,14H2,1-2H3,(H,24,26)(H,22,23,25)/t15-/m1/s1. The molecule has 0 aliphatic carbocycles. The van der Waals surface area contributed by atoms with Crippen LogP contribution in [-0.2, 0) is 14.8 Å². The summed E-state index contributed by atoms with van der Waals surface area (Å²) in [5, 5.41) is 2.80. The van der Waals surface area contributed by atoms with Crippen LogP contribution in [0.15, 0.2) is 71.8 Å². The van der Waals surface area contributed by atoms with E-state index in [2.05, 4.69) is 20.0 Å². The fourth-order valence-electron chi connectivity index (χ4n) is 2.78. The maximum absolute atomic E-state index is 12.5. The smallest absolute Gasteiger partial charge is 0.264 e. The van der Waals surface area contributed by atoms with Crippen molar-refractivity contribution >= 4 is 27.6 Å². The quantitative estimate of drug-likeness (QED) is 0.618. The average molecular weight is 410 g/mol. The highest BCUT2D eigenvalue weighted by Gasteiger charge is 2.16. The monoisotopic (exact) mass is 410 g/mol. The molecule has 0 spiro atoms. The van der Waals surface area contributed by atoms with Gasteiger partial charge in [0.15, 0.2) is 0 Å². The van der Waals surface area contributed by atoms with Crippen LogP contribution in [0.25, 0.3) is 0 Å². The van der Waals surface area contributed by atoms with Gasteiger partial charge in [-0.15, -0.1) is 0 Å².